The van der Waals surface area contributed by atoms with Gasteiger partial charge in [-0.15, -0.1) is 0 Å². The standard InChI is InChI=1S/C14H19N3O4/c1-10-14(18)16(8-3-9-21-2)13(15-10)11-4-6-12(7-5-11)17(19)20/h4-7,10,13,15H,3,8-9H2,1-2H3. The Hall–Kier alpha value is -1.99. The molecule has 1 aliphatic rings. The molecule has 1 heterocycles. The van der Waals surface area contributed by atoms with Gasteiger partial charge in [0.25, 0.3) is 5.69 Å². The number of hydrogen-bond donors (Lipinski definition) is 1. The van der Waals surface area contributed by atoms with Crippen molar-refractivity contribution in [3.63, 3.8) is 0 Å². The number of nitrogens with one attached hydrogen (secondary N) is 1. The van der Waals surface area contributed by atoms with Gasteiger partial charge in [0.05, 0.1) is 11.0 Å². The van der Waals surface area contributed by atoms with Crippen molar-refractivity contribution in [1.82, 2.24) is 10.2 Å². The molecule has 2 unspecified atom stereocenters. The van der Waals surface area contributed by atoms with Crippen LogP contribution in [0.4, 0.5) is 5.69 Å². The fourth-order valence-corrected chi connectivity index (χ4v) is 2.45. The lowest BCUT2D eigenvalue weighted by Crippen LogP contribution is -2.32. The first kappa shape index (κ1) is 15.4. The molecule has 1 aromatic carbocycles. The van der Waals surface area contributed by atoms with Gasteiger partial charge in [-0.3, -0.25) is 20.2 Å². The first-order chi connectivity index (χ1) is 10.0. The molecule has 2 atom stereocenters. The number of nitrogens with zero attached hydrogens (tertiary/aromatic N) is 2. The molecule has 1 N–H and O–H groups in total. The second kappa shape index (κ2) is 6.64. The van der Waals surface area contributed by atoms with Crippen LogP contribution >= 0.6 is 0 Å². The second-order valence-corrected chi connectivity index (χ2v) is 5.02. The number of ether oxygens (including phenoxy) is 1. The molecule has 114 valence electrons. The number of non-ortho nitro benzene ring substituents is 1. The van der Waals surface area contributed by atoms with Crippen LogP contribution in [0.1, 0.15) is 25.1 Å². The van der Waals surface area contributed by atoms with E-state index in [1.807, 2.05) is 6.92 Å². The molecule has 1 amide bonds. The van der Waals surface area contributed by atoms with E-state index >= 15 is 0 Å². The van der Waals surface area contributed by atoms with Crippen molar-refractivity contribution in [2.45, 2.75) is 25.6 Å². The van der Waals surface area contributed by atoms with Gasteiger partial charge in [-0.25, -0.2) is 0 Å². The van der Waals surface area contributed by atoms with E-state index in [4.69, 9.17) is 4.74 Å². The van der Waals surface area contributed by atoms with E-state index in [9.17, 15) is 14.9 Å². The molecule has 2 rings (SSSR count). The molecule has 1 fully saturated rings. The Morgan fingerprint density at radius 1 is 1.38 bits per heavy atom. The summed E-state index contributed by atoms with van der Waals surface area (Å²) in [4.78, 5) is 24.2. The van der Waals surface area contributed by atoms with Crippen molar-refractivity contribution in [2.24, 2.45) is 0 Å². The number of amides is 1. The smallest absolute Gasteiger partial charge is 0.269 e. The lowest BCUT2D eigenvalue weighted by molar-refractivity contribution is -0.384. The molecular weight excluding hydrogens is 274 g/mol. The van der Waals surface area contributed by atoms with E-state index in [0.29, 0.717) is 13.2 Å². The number of carbonyl (C=O) groups excluding carboxylic acids is 1. The van der Waals surface area contributed by atoms with E-state index < -0.39 is 4.92 Å². The Morgan fingerprint density at radius 3 is 2.62 bits per heavy atom. The highest BCUT2D eigenvalue weighted by Gasteiger charge is 2.36. The Morgan fingerprint density at radius 2 is 2.05 bits per heavy atom. The molecule has 7 nitrogen and oxygen atoms in total. The average Bonchev–Trinajstić information content (AvgIpc) is 2.76. The molecule has 0 bridgehead atoms. The summed E-state index contributed by atoms with van der Waals surface area (Å²) in [5, 5.41) is 13.9. The van der Waals surface area contributed by atoms with Crippen LogP contribution in [0.5, 0.6) is 0 Å². The number of nitro groups is 1. The van der Waals surface area contributed by atoms with Crippen LogP contribution < -0.4 is 5.32 Å². The third-order valence-electron chi connectivity index (χ3n) is 3.54. The van der Waals surface area contributed by atoms with Crippen LogP contribution in [0, 0.1) is 10.1 Å². The maximum Gasteiger partial charge on any atom is 0.269 e. The van der Waals surface area contributed by atoms with E-state index in [0.717, 1.165) is 12.0 Å². The number of carbonyl (C=O) groups is 1. The second-order valence-electron chi connectivity index (χ2n) is 5.02. The monoisotopic (exact) mass is 293 g/mol. The van der Waals surface area contributed by atoms with E-state index in [-0.39, 0.29) is 23.8 Å². The predicted octanol–water partition coefficient (Wildman–Crippen LogP) is 1.45. The van der Waals surface area contributed by atoms with Gasteiger partial charge >= 0.3 is 0 Å². The summed E-state index contributed by atoms with van der Waals surface area (Å²) in [5.74, 6) is 0.0365. The summed E-state index contributed by atoms with van der Waals surface area (Å²) in [7, 11) is 1.63. The van der Waals surface area contributed by atoms with Gasteiger partial charge in [0.2, 0.25) is 5.91 Å². The molecule has 0 saturated carbocycles. The average molecular weight is 293 g/mol. The van der Waals surface area contributed by atoms with Crippen molar-refractivity contribution in [1.29, 1.82) is 0 Å². The molecule has 0 aliphatic carbocycles. The molecule has 21 heavy (non-hydrogen) atoms. The Labute approximate surface area is 123 Å². The maximum atomic E-state index is 12.2. The molecule has 0 radical (unpaired) electrons. The third-order valence-corrected chi connectivity index (χ3v) is 3.54. The predicted molar refractivity (Wildman–Crippen MR) is 76.6 cm³/mol. The van der Waals surface area contributed by atoms with E-state index in [1.165, 1.54) is 12.1 Å². The highest BCUT2D eigenvalue weighted by molar-refractivity contribution is 5.84. The van der Waals surface area contributed by atoms with Gasteiger partial charge in [0, 0.05) is 32.4 Å². The Bertz CT molecular complexity index is 517. The highest BCUT2D eigenvalue weighted by Crippen LogP contribution is 2.26. The molecule has 1 aliphatic heterocycles. The number of rotatable bonds is 6. The Balaban J connectivity index is 2.15. The topological polar surface area (TPSA) is 84.7 Å². The van der Waals surface area contributed by atoms with Gasteiger partial charge in [0.1, 0.15) is 6.17 Å². The molecule has 1 aromatic rings. The minimum atomic E-state index is -0.435. The SMILES string of the molecule is COCCCN1C(=O)C(C)NC1c1ccc([N+](=O)[O-])cc1. The van der Waals surface area contributed by atoms with Gasteiger partial charge < -0.3 is 9.64 Å². The third kappa shape index (κ3) is 3.37. The molecule has 0 spiro atoms. The van der Waals surface area contributed by atoms with Gasteiger partial charge in [-0.2, -0.15) is 0 Å². The normalized spacial score (nSPS) is 21.8. The Kier molecular flexibility index (Phi) is 4.87. The van der Waals surface area contributed by atoms with Crippen molar-refractivity contribution < 1.29 is 14.5 Å². The van der Waals surface area contributed by atoms with Gasteiger partial charge in [-0.1, -0.05) is 0 Å². The van der Waals surface area contributed by atoms with E-state index in [2.05, 4.69) is 5.32 Å². The molecule has 1 saturated heterocycles. The highest BCUT2D eigenvalue weighted by atomic mass is 16.6. The number of nitro benzene ring substituents is 1. The van der Waals surface area contributed by atoms with Crippen molar-refractivity contribution in [2.75, 3.05) is 20.3 Å². The fourth-order valence-electron chi connectivity index (χ4n) is 2.45. The zero-order valence-corrected chi connectivity index (χ0v) is 12.1. The van der Waals surface area contributed by atoms with Crippen LogP contribution in [0.15, 0.2) is 24.3 Å². The summed E-state index contributed by atoms with van der Waals surface area (Å²) in [6.07, 6.45) is 0.505. The van der Waals surface area contributed by atoms with Gasteiger partial charge in [0.15, 0.2) is 0 Å². The number of benzene rings is 1. The largest absolute Gasteiger partial charge is 0.385 e. The first-order valence-electron chi connectivity index (χ1n) is 6.84. The fraction of sp³-hybridized carbons (Fsp3) is 0.500. The van der Waals surface area contributed by atoms with Crippen LogP contribution in [-0.4, -0.2) is 42.0 Å². The summed E-state index contributed by atoms with van der Waals surface area (Å²) < 4.78 is 5.01. The van der Waals surface area contributed by atoms with Crippen molar-refractivity contribution in [3.05, 3.63) is 39.9 Å². The minimum absolute atomic E-state index is 0.0365. The molecular formula is C14H19N3O4. The summed E-state index contributed by atoms with van der Waals surface area (Å²) in [6.45, 7) is 2.99. The van der Waals surface area contributed by atoms with Crippen molar-refractivity contribution >= 4 is 11.6 Å². The number of methoxy groups -OCH3 is 1. The molecule has 7 heteroatoms. The van der Waals surface area contributed by atoms with Crippen molar-refractivity contribution in [3.8, 4) is 0 Å². The maximum absolute atomic E-state index is 12.2. The lowest BCUT2D eigenvalue weighted by Gasteiger charge is -2.24. The summed E-state index contributed by atoms with van der Waals surface area (Å²) >= 11 is 0. The quantitative estimate of drug-likeness (QED) is 0.487. The van der Waals surface area contributed by atoms with Crippen LogP contribution in [-0.2, 0) is 9.53 Å². The first-order valence-corrected chi connectivity index (χ1v) is 6.84. The minimum Gasteiger partial charge on any atom is -0.385 e. The zero-order chi connectivity index (χ0) is 15.4. The van der Waals surface area contributed by atoms with Gasteiger partial charge in [-0.05, 0) is 31.0 Å². The van der Waals surface area contributed by atoms with Crippen LogP contribution in [0.3, 0.4) is 0 Å². The molecule has 0 aromatic heterocycles. The number of hydrogen-bond acceptors (Lipinski definition) is 5. The van der Waals surface area contributed by atoms with Crippen LogP contribution in [0.25, 0.3) is 0 Å². The zero-order valence-electron chi connectivity index (χ0n) is 12.1. The van der Waals surface area contributed by atoms with Crippen LogP contribution in [0.2, 0.25) is 0 Å². The lowest BCUT2D eigenvalue weighted by atomic mass is 10.1. The summed E-state index contributed by atoms with van der Waals surface area (Å²) in [5.41, 5.74) is 0.887. The van der Waals surface area contributed by atoms with E-state index in [1.54, 1.807) is 24.1 Å². The summed E-state index contributed by atoms with van der Waals surface area (Å²) in [6, 6.07) is 6.03.